The Hall–Kier alpha value is -1.82. The van der Waals surface area contributed by atoms with Gasteiger partial charge in [-0.2, -0.15) is 5.10 Å². The Morgan fingerprint density at radius 2 is 1.79 bits per heavy atom. The van der Waals surface area contributed by atoms with E-state index in [1.807, 2.05) is 6.26 Å². The summed E-state index contributed by atoms with van der Waals surface area (Å²) >= 11 is 0. The van der Waals surface area contributed by atoms with Gasteiger partial charge in [0.15, 0.2) is 0 Å². The van der Waals surface area contributed by atoms with Crippen molar-refractivity contribution in [1.29, 1.82) is 0 Å². The second-order valence-electron chi connectivity index (χ2n) is 5.42. The normalized spacial score (nSPS) is 11.6. The molecule has 2 amide bonds. The third kappa shape index (κ3) is 16.4. The van der Waals surface area contributed by atoms with Crippen molar-refractivity contribution in [2.45, 2.75) is 38.1 Å². The lowest BCUT2D eigenvalue weighted by Crippen LogP contribution is -2.42. The van der Waals surface area contributed by atoms with Crippen molar-refractivity contribution in [3.63, 3.8) is 0 Å². The van der Waals surface area contributed by atoms with Crippen LogP contribution in [0.2, 0.25) is 0 Å². The molecule has 1 atom stereocenters. The topological polar surface area (TPSA) is 138 Å². The van der Waals surface area contributed by atoms with E-state index < -0.39 is 24.2 Å². The number of nitrogens with one attached hydrogen (secondary N) is 3. The van der Waals surface area contributed by atoms with E-state index in [-0.39, 0.29) is 19.0 Å². The average molecular weight is 439 g/mol. The third-order valence-corrected chi connectivity index (χ3v) is 5.02. The van der Waals surface area contributed by atoms with Crippen LogP contribution in [0, 0.1) is 0 Å². The number of hydrazone groups is 1. The standard InChI is InChI=1S/C16H30N4O6S2/c1-17-19-9-5-4-8-18-15(23)25-10-6-3-7-11-26-16(24)20-13(14(21)22)12-28-27-2/h9,13,17H,3-8,10-12H2,1-2H3,(H,18,23)(H,20,24)(H,21,22)/b19-9+/t13-/m1/s1. The van der Waals surface area contributed by atoms with Gasteiger partial charge in [-0.05, 0) is 38.4 Å². The first-order valence-corrected chi connectivity index (χ1v) is 11.6. The number of alkyl carbamates (subject to hydrolysis) is 2. The maximum Gasteiger partial charge on any atom is 0.407 e. The highest BCUT2D eigenvalue weighted by molar-refractivity contribution is 8.76. The van der Waals surface area contributed by atoms with Crippen molar-refractivity contribution in [1.82, 2.24) is 16.1 Å². The molecule has 12 heteroatoms. The number of carbonyl (C=O) groups is 3. The number of rotatable bonds is 16. The molecule has 0 aromatic heterocycles. The first kappa shape index (κ1) is 26.2. The molecule has 0 bridgehead atoms. The molecule has 0 fully saturated rings. The van der Waals surface area contributed by atoms with Gasteiger partial charge in [-0.25, -0.2) is 14.4 Å². The van der Waals surface area contributed by atoms with Crippen molar-refractivity contribution >= 4 is 46.0 Å². The van der Waals surface area contributed by atoms with Crippen molar-refractivity contribution in [3.8, 4) is 0 Å². The zero-order valence-corrected chi connectivity index (χ0v) is 17.9. The second kappa shape index (κ2) is 18.5. The van der Waals surface area contributed by atoms with Gasteiger partial charge in [0.05, 0.1) is 13.2 Å². The zero-order chi connectivity index (χ0) is 21.0. The largest absolute Gasteiger partial charge is 0.480 e. The quantitative estimate of drug-likeness (QED) is 0.123. The van der Waals surface area contributed by atoms with Gasteiger partial charge in [0.1, 0.15) is 6.04 Å². The molecule has 0 aromatic rings. The predicted octanol–water partition coefficient (Wildman–Crippen LogP) is 2.06. The van der Waals surface area contributed by atoms with Gasteiger partial charge in [-0.1, -0.05) is 21.6 Å². The second-order valence-corrected chi connectivity index (χ2v) is 8.03. The summed E-state index contributed by atoms with van der Waals surface area (Å²) < 4.78 is 9.99. The van der Waals surface area contributed by atoms with Crippen LogP contribution in [-0.4, -0.2) is 74.3 Å². The molecule has 0 rings (SSSR count). The van der Waals surface area contributed by atoms with Crippen molar-refractivity contribution in [3.05, 3.63) is 0 Å². The number of hydrogen-bond acceptors (Lipinski definition) is 9. The van der Waals surface area contributed by atoms with Crippen LogP contribution in [0.4, 0.5) is 9.59 Å². The molecule has 0 aliphatic carbocycles. The summed E-state index contributed by atoms with van der Waals surface area (Å²) in [6.07, 6.45) is 5.86. The summed E-state index contributed by atoms with van der Waals surface area (Å²) in [5.74, 6) is -0.839. The van der Waals surface area contributed by atoms with Crippen molar-refractivity contribution in [2.75, 3.05) is 38.8 Å². The summed E-state index contributed by atoms with van der Waals surface area (Å²) in [6, 6.07) is -0.979. The molecule has 0 radical (unpaired) electrons. The van der Waals surface area contributed by atoms with E-state index in [1.54, 1.807) is 13.3 Å². The first-order valence-electron chi connectivity index (χ1n) is 8.91. The van der Waals surface area contributed by atoms with E-state index in [4.69, 9.17) is 14.6 Å². The Labute approximate surface area is 173 Å². The number of carboxylic acid groups (broad SMARTS) is 1. The molecule has 162 valence electrons. The molecular formula is C16H30N4O6S2. The molecule has 4 N–H and O–H groups in total. The molecule has 0 saturated heterocycles. The van der Waals surface area contributed by atoms with Crippen LogP contribution in [0.3, 0.4) is 0 Å². The monoisotopic (exact) mass is 438 g/mol. The lowest BCUT2D eigenvalue weighted by atomic mass is 10.2. The van der Waals surface area contributed by atoms with E-state index in [2.05, 4.69) is 21.2 Å². The highest BCUT2D eigenvalue weighted by atomic mass is 33.1. The average Bonchev–Trinajstić information content (AvgIpc) is 2.66. The van der Waals surface area contributed by atoms with Gasteiger partial charge in [-0.3, -0.25) is 0 Å². The van der Waals surface area contributed by atoms with Crippen molar-refractivity contribution < 1.29 is 29.0 Å². The molecule has 28 heavy (non-hydrogen) atoms. The number of hydrogen-bond donors (Lipinski definition) is 4. The van der Waals surface area contributed by atoms with Crippen LogP contribution in [0.25, 0.3) is 0 Å². The number of nitrogens with zero attached hydrogens (tertiary/aromatic N) is 1. The molecule has 0 unspecified atom stereocenters. The number of aliphatic carboxylic acids is 1. The van der Waals surface area contributed by atoms with Gasteiger partial charge in [0.25, 0.3) is 0 Å². The van der Waals surface area contributed by atoms with E-state index in [0.29, 0.717) is 25.8 Å². The minimum absolute atomic E-state index is 0.175. The SMILES string of the molecule is CN/N=C/CCCNC(=O)OCCCCCOC(=O)N[C@H](CSSC)C(=O)O. The fourth-order valence-electron chi connectivity index (χ4n) is 1.80. The fraction of sp³-hybridized carbons (Fsp3) is 0.750. The maximum absolute atomic E-state index is 11.6. The lowest BCUT2D eigenvalue weighted by Gasteiger charge is -2.13. The Balaban J connectivity index is 3.59. The number of carboxylic acids is 1. The van der Waals surface area contributed by atoms with Crippen LogP contribution in [0.5, 0.6) is 0 Å². The van der Waals surface area contributed by atoms with E-state index in [9.17, 15) is 14.4 Å². The Morgan fingerprint density at radius 1 is 1.11 bits per heavy atom. The van der Waals surface area contributed by atoms with Crippen LogP contribution < -0.4 is 16.1 Å². The molecule has 0 heterocycles. The van der Waals surface area contributed by atoms with E-state index in [0.717, 1.165) is 12.8 Å². The van der Waals surface area contributed by atoms with Crippen LogP contribution in [0.15, 0.2) is 5.10 Å². The molecule has 0 saturated carbocycles. The summed E-state index contributed by atoms with van der Waals surface area (Å²) in [4.78, 5) is 34.0. The van der Waals surface area contributed by atoms with Crippen molar-refractivity contribution in [2.24, 2.45) is 5.10 Å². The predicted molar refractivity (Wildman–Crippen MR) is 112 cm³/mol. The Morgan fingerprint density at radius 3 is 2.39 bits per heavy atom. The molecule has 0 aromatic carbocycles. The van der Waals surface area contributed by atoms with E-state index >= 15 is 0 Å². The maximum atomic E-state index is 11.6. The van der Waals surface area contributed by atoms with Gasteiger partial charge < -0.3 is 30.6 Å². The first-order chi connectivity index (χ1) is 13.5. The fourth-order valence-corrected chi connectivity index (χ4v) is 3.11. The number of amides is 2. The van der Waals surface area contributed by atoms with Gasteiger partial charge >= 0.3 is 18.2 Å². The highest BCUT2D eigenvalue weighted by Crippen LogP contribution is 2.17. The number of ether oxygens (including phenoxy) is 2. The molecular weight excluding hydrogens is 408 g/mol. The smallest absolute Gasteiger partial charge is 0.407 e. The summed E-state index contributed by atoms with van der Waals surface area (Å²) in [5.41, 5.74) is 2.64. The molecule has 0 spiro atoms. The van der Waals surface area contributed by atoms with Gasteiger partial charge in [0.2, 0.25) is 0 Å². The molecule has 0 aliphatic heterocycles. The molecule has 10 nitrogen and oxygen atoms in total. The number of carbonyl (C=O) groups excluding carboxylic acids is 2. The minimum atomic E-state index is -1.10. The lowest BCUT2D eigenvalue weighted by molar-refractivity contribution is -0.138. The third-order valence-electron chi connectivity index (χ3n) is 3.20. The highest BCUT2D eigenvalue weighted by Gasteiger charge is 2.20. The minimum Gasteiger partial charge on any atom is -0.480 e. The summed E-state index contributed by atoms with van der Waals surface area (Å²) in [5, 5.41) is 17.8. The van der Waals surface area contributed by atoms with Crippen LogP contribution >= 0.6 is 21.6 Å². The van der Waals surface area contributed by atoms with Gasteiger partial charge in [-0.15, -0.1) is 0 Å². The Kier molecular flexibility index (Phi) is 17.3. The summed E-state index contributed by atoms with van der Waals surface area (Å²) in [7, 11) is 4.49. The number of unbranched alkanes of at least 4 members (excludes halogenated alkanes) is 3. The van der Waals surface area contributed by atoms with Crippen LogP contribution in [0.1, 0.15) is 32.1 Å². The van der Waals surface area contributed by atoms with Crippen LogP contribution in [-0.2, 0) is 14.3 Å². The van der Waals surface area contributed by atoms with Gasteiger partial charge in [0, 0.05) is 25.6 Å². The molecule has 0 aliphatic rings. The Bertz CT molecular complexity index is 482. The van der Waals surface area contributed by atoms with E-state index in [1.165, 1.54) is 21.6 Å². The zero-order valence-electron chi connectivity index (χ0n) is 16.3. The summed E-state index contributed by atoms with van der Waals surface area (Å²) in [6.45, 7) is 0.977.